The molecule has 4 rings (SSSR count). The number of methoxy groups -OCH3 is 1. The molecule has 0 amide bonds. The predicted octanol–water partition coefficient (Wildman–Crippen LogP) is 3.88. The van der Waals surface area contributed by atoms with Gasteiger partial charge in [-0.05, 0) is 41.8 Å². The molecule has 0 unspecified atom stereocenters. The maximum absolute atomic E-state index is 13.4. The molecule has 0 bridgehead atoms. The Morgan fingerprint density at radius 1 is 1.06 bits per heavy atom. The lowest BCUT2D eigenvalue weighted by atomic mass is 10.00. The van der Waals surface area contributed by atoms with Gasteiger partial charge in [-0.3, -0.25) is 14.9 Å². The summed E-state index contributed by atoms with van der Waals surface area (Å²) in [4.78, 5) is 37.7. The minimum atomic E-state index is -1.51. The normalized spacial score (nSPS) is 11.8. The lowest BCUT2D eigenvalue weighted by molar-refractivity contribution is -0.143. The van der Waals surface area contributed by atoms with E-state index in [1.54, 1.807) is 0 Å². The van der Waals surface area contributed by atoms with Crippen molar-refractivity contribution in [1.29, 1.82) is 0 Å². The Hall–Kier alpha value is -4.50. The second kappa shape index (κ2) is 10.4. The number of carboxylic acid groups (broad SMARTS) is 1. The number of carboxylic acids is 1. The van der Waals surface area contributed by atoms with Crippen molar-refractivity contribution < 1.29 is 33.3 Å². The van der Waals surface area contributed by atoms with E-state index in [0.29, 0.717) is 0 Å². The highest BCUT2D eigenvalue weighted by atomic mass is 19.1. The van der Waals surface area contributed by atoms with Gasteiger partial charge in [-0.25, -0.2) is 9.18 Å². The Balaban J connectivity index is 1.78. The zero-order valence-corrected chi connectivity index (χ0v) is 19.2. The summed E-state index contributed by atoms with van der Waals surface area (Å²) >= 11 is 0. The molecule has 184 valence electrons. The fourth-order valence-corrected chi connectivity index (χ4v) is 3.96. The second-order valence-corrected chi connectivity index (χ2v) is 8.03. The highest BCUT2D eigenvalue weighted by Gasteiger charge is 2.25. The summed E-state index contributed by atoms with van der Waals surface area (Å²) in [6.07, 6.45) is 0.290. The van der Waals surface area contributed by atoms with Crippen molar-refractivity contribution >= 4 is 22.9 Å². The average Bonchev–Trinajstić information content (AvgIpc) is 2.88. The largest absolute Gasteiger partial charge is 0.507 e. The molecule has 4 aromatic rings. The quantitative estimate of drug-likeness (QED) is 0.317. The van der Waals surface area contributed by atoms with Crippen molar-refractivity contribution in [2.24, 2.45) is 0 Å². The third kappa shape index (κ3) is 4.96. The van der Waals surface area contributed by atoms with Crippen LogP contribution in [0.1, 0.15) is 21.7 Å². The molecule has 36 heavy (non-hydrogen) atoms. The number of phenols is 1. The summed E-state index contributed by atoms with van der Waals surface area (Å²) in [5.74, 6) is -3.50. The number of aromatic carboxylic acids is 1. The Kier molecular flexibility index (Phi) is 7.12. The average molecular weight is 491 g/mol. The van der Waals surface area contributed by atoms with Gasteiger partial charge in [0.1, 0.15) is 23.2 Å². The lowest BCUT2D eigenvalue weighted by Gasteiger charge is -2.18. The SMILES string of the molecule is COC(=O)[C@@H](Cc1ccccc1)NCc1c(O)ccc2c(=O)c(-c3ccc(F)cc3)c(C(=O)O)oc12. The monoisotopic (exact) mass is 491 g/mol. The molecular formula is C27H22FNO7. The van der Waals surface area contributed by atoms with Gasteiger partial charge in [-0.1, -0.05) is 42.5 Å². The molecule has 3 aromatic carbocycles. The first-order valence-corrected chi connectivity index (χ1v) is 11.0. The van der Waals surface area contributed by atoms with E-state index in [1.165, 1.54) is 31.4 Å². The third-order valence-corrected chi connectivity index (χ3v) is 5.76. The van der Waals surface area contributed by atoms with Crippen LogP contribution in [0.2, 0.25) is 0 Å². The van der Waals surface area contributed by atoms with Gasteiger partial charge >= 0.3 is 11.9 Å². The molecule has 0 saturated heterocycles. The zero-order chi connectivity index (χ0) is 25.8. The second-order valence-electron chi connectivity index (χ2n) is 8.03. The van der Waals surface area contributed by atoms with Crippen molar-refractivity contribution in [3.05, 3.63) is 99.7 Å². The van der Waals surface area contributed by atoms with Gasteiger partial charge in [0.05, 0.1) is 23.6 Å². The fourth-order valence-electron chi connectivity index (χ4n) is 3.96. The summed E-state index contributed by atoms with van der Waals surface area (Å²) < 4.78 is 23.9. The van der Waals surface area contributed by atoms with Crippen LogP contribution in [0.15, 0.2) is 75.9 Å². The number of aromatic hydroxyl groups is 1. The molecule has 0 aliphatic rings. The molecule has 0 saturated carbocycles. The number of hydrogen-bond acceptors (Lipinski definition) is 7. The lowest BCUT2D eigenvalue weighted by Crippen LogP contribution is -2.39. The third-order valence-electron chi connectivity index (χ3n) is 5.76. The number of nitrogens with one attached hydrogen (secondary N) is 1. The van der Waals surface area contributed by atoms with E-state index < -0.39 is 35.0 Å². The molecule has 3 N–H and O–H groups in total. The Bertz CT molecular complexity index is 1480. The summed E-state index contributed by atoms with van der Waals surface area (Å²) in [5.41, 5.74) is 0.0993. The van der Waals surface area contributed by atoms with E-state index in [2.05, 4.69) is 5.32 Å². The Labute approximate surface area is 204 Å². The first-order valence-electron chi connectivity index (χ1n) is 11.0. The van der Waals surface area contributed by atoms with Crippen LogP contribution in [0, 0.1) is 5.82 Å². The van der Waals surface area contributed by atoms with E-state index in [1.807, 2.05) is 30.3 Å². The van der Waals surface area contributed by atoms with Crippen LogP contribution in [0.5, 0.6) is 5.75 Å². The number of hydrogen-bond donors (Lipinski definition) is 3. The number of rotatable bonds is 8. The molecule has 1 heterocycles. The van der Waals surface area contributed by atoms with E-state index in [9.17, 15) is 29.0 Å². The van der Waals surface area contributed by atoms with E-state index >= 15 is 0 Å². The highest BCUT2D eigenvalue weighted by molar-refractivity contribution is 5.97. The molecule has 0 aliphatic carbocycles. The summed E-state index contributed by atoms with van der Waals surface area (Å²) in [7, 11) is 1.26. The van der Waals surface area contributed by atoms with Crippen LogP contribution in [-0.2, 0) is 22.5 Å². The smallest absolute Gasteiger partial charge is 0.372 e. The first kappa shape index (κ1) is 24.6. The molecule has 8 nitrogen and oxygen atoms in total. The number of carbonyl (C=O) groups excluding carboxylic acids is 1. The van der Waals surface area contributed by atoms with Crippen molar-refractivity contribution in [3.8, 4) is 16.9 Å². The molecular weight excluding hydrogens is 469 g/mol. The molecule has 0 fully saturated rings. The van der Waals surface area contributed by atoms with Gasteiger partial charge in [0.15, 0.2) is 0 Å². The summed E-state index contributed by atoms with van der Waals surface area (Å²) in [6.45, 7) is -0.131. The molecule has 1 aromatic heterocycles. The van der Waals surface area contributed by atoms with E-state index in [0.717, 1.165) is 17.7 Å². The van der Waals surface area contributed by atoms with Crippen LogP contribution in [0.25, 0.3) is 22.1 Å². The van der Waals surface area contributed by atoms with Gasteiger partial charge in [-0.2, -0.15) is 0 Å². The molecule has 1 atom stereocenters. The van der Waals surface area contributed by atoms with Gasteiger partial charge in [-0.15, -0.1) is 0 Å². The van der Waals surface area contributed by atoms with E-state index in [4.69, 9.17) is 9.15 Å². The topological polar surface area (TPSA) is 126 Å². The van der Waals surface area contributed by atoms with Gasteiger partial charge in [0.25, 0.3) is 0 Å². The van der Waals surface area contributed by atoms with Gasteiger partial charge in [0.2, 0.25) is 11.2 Å². The summed E-state index contributed by atoms with van der Waals surface area (Å²) in [6, 6.07) is 15.8. The van der Waals surface area contributed by atoms with Gasteiger partial charge in [0, 0.05) is 6.54 Å². The molecule has 0 aliphatic heterocycles. The minimum Gasteiger partial charge on any atom is -0.507 e. The van der Waals surface area contributed by atoms with Crippen molar-refractivity contribution in [3.63, 3.8) is 0 Å². The highest BCUT2D eigenvalue weighted by Crippen LogP contribution is 2.31. The standard InChI is InChI=1S/C27H22FNO7/c1-35-27(34)20(13-15-5-3-2-4-6-15)29-14-19-21(30)12-11-18-23(31)22(16-7-9-17(28)10-8-16)25(26(32)33)36-24(18)19/h2-12,20,29-30H,13-14H2,1H3,(H,32,33)/t20-/m1/s1. The number of phenolic OH excluding ortho intramolecular Hbond substituents is 1. The van der Waals surface area contributed by atoms with Crippen LogP contribution < -0.4 is 10.7 Å². The zero-order valence-electron chi connectivity index (χ0n) is 19.2. The summed E-state index contributed by atoms with van der Waals surface area (Å²) in [5, 5.41) is 23.3. The number of benzene rings is 3. The van der Waals surface area contributed by atoms with Crippen molar-refractivity contribution in [1.82, 2.24) is 5.32 Å². The molecule has 0 spiro atoms. The predicted molar refractivity (Wildman–Crippen MR) is 129 cm³/mol. The van der Waals surface area contributed by atoms with Crippen LogP contribution in [-0.4, -0.2) is 35.3 Å². The first-order chi connectivity index (χ1) is 17.3. The van der Waals surface area contributed by atoms with Crippen molar-refractivity contribution in [2.45, 2.75) is 19.0 Å². The minimum absolute atomic E-state index is 0.0200. The molecule has 9 heteroatoms. The number of ether oxygens (including phenoxy) is 1. The molecule has 0 radical (unpaired) electrons. The van der Waals surface area contributed by atoms with E-state index in [-0.39, 0.29) is 46.4 Å². The van der Waals surface area contributed by atoms with Crippen molar-refractivity contribution in [2.75, 3.05) is 7.11 Å². The maximum Gasteiger partial charge on any atom is 0.372 e. The Morgan fingerprint density at radius 3 is 2.39 bits per heavy atom. The number of fused-ring (bicyclic) bond motifs is 1. The van der Waals surface area contributed by atoms with Crippen LogP contribution in [0.4, 0.5) is 4.39 Å². The van der Waals surface area contributed by atoms with Crippen LogP contribution >= 0.6 is 0 Å². The number of halogens is 1. The Morgan fingerprint density at radius 2 is 1.75 bits per heavy atom. The maximum atomic E-state index is 13.4. The number of esters is 1. The number of carbonyl (C=O) groups is 2. The fraction of sp³-hybridized carbons (Fsp3) is 0.148. The van der Waals surface area contributed by atoms with Crippen LogP contribution in [0.3, 0.4) is 0 Å². The van der Waals surface area contributed by atoms with Gasteiger partial charge < -0.3 is 19.4 Å².